The Hall–Kier alpha value is -1.98. The number of hydrogen-bond donors (Lipinski definition) is 1. The van der Waals surface area contributed by atoms with Crippen LogP contribution in [0.1, 0.15) is 11.1 Å². The van der Waals surface area contributed by atoms with Crippen LogP contribution in [0.2, 0.25) is 5.02 Å². The predicted molar refractivity (Wildman–Crippen MR) is 74.2 cm³/mol. The number of anilines is 1. The summed E-state index contributed by atoms with van der Waals surface area (Å²) in [5, 5.41) is 2.45. The first-order valence-corrected chi connectivity index (χ1v) is 6.49. The van der Waals surface area contributed by atoms with Gasteiger partial charge in [-0.1, -0.05) is 23.7 Å². The average Bonchev–Trinajstić information content (AvgIpc) is 2.77. The number of methoxy groups -OCH3 is 1. The Labute approximate surface area is 124 Å². The number of carbonyl (C=O) groups is 1. The van der Waals surface area contributed by atoms with Crippen LogP contribution >= 0.6 is 11.6 Å². The van der Waals surface area contributed by atoms with Crippen LogP contribution in [0, 0.1) is 11.6 Å². The lowest BCUT2D eigenvalue weighted by atomic mass is 9.87. The Kier molecular flexibility index (Phi) is 3.19. The Morgan fingerprint density at radius 1 is 1.14 bits per heavy atom. The van der Waals surface area contributed by atoms with Gasteiger partial charge in [0.2, 0.25) is 5.60 Å². The summed E-state index contributed by atoms with van der Waals surface area (Å²) in [5.41, 5.74) is -1.07. The number of fused-ring (bicyclic) bond motifs is 1. The quantitative estimate of drug-likeness (QED) is 0.922. The zero-order valence-electron chi connectivity index (χ0n) is 10.9. The van der Waals surface area contributed by atoms with E-state index in [-0.39, 0.29) is 16.3 Å². The van der Waals surface area contributed by atoms with Gasteiger partial charge in [0.05, 0.1) is 16.3 Å². The molecule has 108 valence electrons. The molecule has 0 saturated carbocycles. The number of nitrogens with one attached hydrogen (secondary N) is 1. The van der Waals surface area contributed by atoms with E-state index in [1.165, 1.54) is 43.5 Å². The van der Waals surface area contributed by atoms with E-state index in [1.54, 1.807) is 0 Å². The first-order chi connectivity index (χ1) is 10.0. The van der Waals surface area contributed by atoms with Gasteiger partial charge in [0.25, 0.3) is 5.91 Å². The first-order valence-electron chi connectivity index (χ1n) is 6.12. The van der Waals surface area contributed by atoms with Crippen molar-refractivity contribution in [1.82, 2.24) is 0 Å². The van der Waals surface area contributed by atoms with Gasteiger partial charge in [-0.05, 0) is 29.8 Å². The maximum absolute atomic E-state index is 14.4. The van der Waals surface area contributed by atoms with Crippen LogP contribution in [-0.4, -0.2) is 13.0 Å². The molecule has 0 aromatic heterocycles. The molecule has 3 nitrogen and oxygen atoms in total. The molecule has 21 heavy (non-hydrogen) atoms. The minimum Gasteiger partial charge on any atom is -0.359 e. The summed E-state index contributed by atoms with van der Waals surface area (Å²) in [5.74, 6) is -1.75. The number of hydrogen-bond acceptors (Lipinski definition) is 2. The van der Waals surface area contributed by atoms with Crippen LogP contribution in [0.4, 0.5) is 14.5 Å². The van der Waals surface area contributed by atoms with E-state index in [1.807, 2.05) is 0 Å². The highest BCUT2D eigenvalue weighted by Crippen LogP contribution is 2.46. The van der Waals surface area contributed by atoms with Gasteiger partial charge in [-0.15, -0.1) is 0 Å². The number of rotatable bonds is 2. The van der Waals surface area contributed by atoms with Gasteiger partial charge >= 0.3 is 0 Å². The van der Waals surface area contributed by atoms with Crippen molar-refractivity contribution in [3.05, 3.63) is 64.2 Å². The van der Waals surface area contributed by atoms with Crippen LogP contribution in [0.15, 0.2) is 36.4 Å². The highest BCUT2D eigenvalue weighted by molar-refractivity contribution is 6.31. The fourth-order valence-corrected chi connectivity index (χ4v) is 2.75. The number of halogens is 3. The second-order valence-corrected chi connectivity index (χ2v) is 5.04. The van der Waals surface area contributed by atoms with Crippen LogP contribution in [0.5, 0.6) is 0 Å². The summed E-state index contributed by atoms with van der Waals surface area (Å²) in [6, 6.07) is 7.99. The third-order valence-corrected chi connectivity index (χ3v) is 3.86. The van der Waals surface area contributed by atoms with Gasteiger partial charge in [0.1, 0.15) is 5.82 Å². The lowest BCUT2D eigenvalue weighted by Gasteiger charge is -2.26. The molecule has 1 heterocycles. The summed E-state index contributed by atoms with van der Waals surface area (Å²) in [4.78, 5) is 12.4. The molecule has 1 aliphatic rings. The van der Waals surface area contributed by atoms with Crippen molar-refractivity contribution in [2.75, 3.05) is 12.4 Å². The highest BCUT2D eigenvalue weighted by atomic mass is 35.5. The van der Waals surface area contributed by atoms with E-state index in [2.05, 4.69) is 5.32 Å². The van der Waals surface area contributed by atoms with E-state index in [9.17, 15) is 13.6 Å². The first kappa shape index (κ1) is 14.0. The topological polar surface area (TPSA) is 38.3 Å². The average molecular weight is 310 g/mol. The molecule has 1 aliphatic heterocycles. The van der Waals surface area contributed by atoms with Gasteiger partial charge in [0, 0.05) is 7.11 Å². The molecule has 1 N–H and O–H groups in total. The second kappa shape index (κ2) is 4.79. The summed E-state index contributed by atoms with van der Waals surface area (Å²) in [6.07, 6.45) is 0. The predicted octanol–water partition coefficient (Wildman–Crippen LogP) is 3.46. The molecule has 1 atom stereocenters. The molecule has 1 unspecified atom stereocenters. The highest BCUT2D eigenvalue weighted by Gasteiger charge is 2.51. The van der Waals surface area contributed by atoms with E-state index in [0.717, 1.165) is 0 Å². The van der Waals surface area contributed by atoms with E-state index in [0.29, 0.717) is 5.56 Å². The molecular weight excluding hydrogens is 300 g/mol. The summed E-state index contributed by atoms with van der Waals surface area (Å²) >= 11 is 5.81. The fourth-order valence-electron chi connectivity index (χ4n) is 2.60. The number of amides is 1. The second-order valence-electron chi connectivity index (χ2n) is 4.63. The zero-order valence-corrected chi connectivity index (χ0v) is 11.7. The van der Waals surface area contributed by atoms with Gasteiger partial charge < -0.3 is 10.1 Å². The molecule has 2 aromatic rings. The van der Waals surface area contributed by atoms with Gasteiger partial charge in [0.15, 0.2) is 5.82 Å². The molecule has 6 heteroatoms. The molecule has 0 spiro atoms. The molecule has 0 bridgehead atoms. The maximum atomic E-state index is 14.4. The number of ether oxygens (including phenoxy) is 1. The van der Waals surface area contributed by atoms with Gasteiger partial charge in [-0.25, -0.2) is 8.78 Å². The zero-order chi connectivity index (χ0) is 15.2. The van der Waals surface area contributed by atoms with E-state index < -0.39 is 23.1 Å². The lowest BCUT2D eigenvalue weighted by Crippen LogP contribution is -2.38. The Morgan fingerprint density at radius 3 is 2.43 bits per heavy atom. The normalized spacial score (nSPS) is 20.3. The maximum Gasteiger partial charge on any atom is 0.266 e. The van der Waals surface area contributed by atoms with Crippen molar-refractivity contribution in [2.45, 2.75) is 5.60 Å². The van der Waals surface area contributed by atoms with Gasteiger partial charge in [-0.2, -0.15) is 0 Å². The summed E-state index contributed by atoms with van der Waals surface area (Å²) < 4.78 is 32.9. The van der Waals surface area contributed by atoms with E-state index >= 15 is 0 Å². The molecule has 2 aromatic carbocycles. The monoisotopic (exact) mass is 309 g/mol. The standard InChI is InChI=1S/C15H10ClF2NO2/c1-21-15(8-2-4-9(17)5-3-8)12-11(19-14(15)20)7-6-10(16)13(12)18/h2-7H,1H3,(H,19,20). The van der Waals surface area contributed by atoms with Crippen LogP contribution in [-0.2, 0) is 15.1 Å². The molecular formula is C15H10ClF2NO2. The number of benzene rings is 2. The molecule has 0 fully saturated rings. The summed E-state index contributed by atoms with van der Waals surface area (Å²) in [6.45, 7) is 0. The molecule has 1 amide bonds. The SMILES string of the molecule is COC1(c2ccc(F)cc2)C(=O)Nc2ccc(Cl)c(F)c21. The van der Waals surface area contributed by atoms with Crippen molar-refractivity contribution in [2.24, 2.45) is 0 Å². The van der Waals surface area contributed by atoms with Crippen LogP contribution in [0.3, 0.4) is 0 Å². The fraction of sp³-hybridized carbons (Fsp3) is 0.133. The smallest absolute Gasteiger partial charge is 0.266 e. The van der Waals surface area contributed by atoms with Gasteiger partial charge in [-0.3, -0.25) is 4.79 Å². The Morgan fingerprint density at radius 2 is 1.81 bits per heavy atom. The van der Waals surface area contributed by atoms with Crippen molar-refractivity contribution >= 4 is 23.2 Å². The third kappa shape index (κ3) is 1.85. The molecule has 3 rings (SSSR count). The minimum absolute atomic E-state index is 0.00843. The Bertz CT molecular complexity index is 733. The molecule has 0 radical (unpaired) electrons. The van der Waals surface area contributed by atoms with Crippen LogP contribution in [0.25, 0.3) is 0 Å². The molecule has 0 aliphatic carbocycles. The third-order valence-electron chi connectivity index (χ3n) is 3.57. The minimum atomic E-state index is -1.68. The lowest BCUT2D eigenvalue weighted by molar-refractivity contribution is -0.132. The van der Waals surface area contributed by atoms with Crippen molar-refractivity contribution in [1.29, 1.82) is 0 Å². The van der Waals surface area contributed by atoms with Crippen molar-refractivity contribution < 1.29 is 18.3 Å². The summed E-state index contributed by atoms with van der Waals surface area (Å²) in [7, 11) is 1.29. The van der Waals surface area contributed by atoms with Crippen LogP contribution < -0.4 is 5.32 Å². The van der Waals surface area contributed by atoms with Crippen molar-refractivity contribution in [3.8, 4) is 0 Å². The number of carbonyl (C=O) groups excluding carboxylic acids is 1. The van der Waals surface area contributed by atoms with E-state index in [4.69, 9.17) is 16.3 Å². The largest absolute Gasteiger partial charge is 0.359 e. The Balaban J connectivity index is 2.31. The molecule has 0 saturated heterocycles. The van der Waals surface area contributed by atoms with Crippen molar-refractivity contribution in [3.63, 3.8) is 0 Å².